The zero-order valence-corrected chi connectivity index (χ0v) is 12.0. The van der Waals surface area contributed by atoms with Crippen molar-refractivity contribution in [2.24, 2.45) is 11.7 Å². The van der Waals surface area contributed by atoms with Gasteiger partial charge >= 0.3 is 0 Å². The normalized spacial score (nSPS) is 18.5. The van der Waals surface area contributed by atoms with Crippen LogP contribution >= 0.6 is 0 Å². The van der Waals surface area contributed by atoms with Crippen molar-refractivity contribution in [3.63, 3.8) is 0 Å². The summed E-state index contributed by atoms with van der Waals surface area (Å²) in [5, 5.41) is 14.0. The van der Waals surface area contributed by atoms with Gasteiger partial charge in [-0.05, 0) is 38.4 Å². The molecule has 0 spiro atoms. The standard InChI is InChI=1S/C14H20N4O3/c1-16-8-10-3-2-6-17(9-10)13-5-4-11(18(20)21)7-12(13)14(15)19/h4-5,7,10,16H,2-3,6,8-9H2,1H3,(H2,15,19). The van der Waals surface area contributed by atoms with E-state index in [1.165, 1.54) is 12.1 Å². The van der Waals surface area contributed by atoms with Gasteiger partial charge in [-0.3, -0.25) is 14.9 Å². The van der Waals surface area contributed by atoms with E-state index in [1.54, 1.807) is 6.07 Å². The van der Waals surface area contributed by atoms with Crippen molar-refractivity contribution in [1.82, 2.24) is 5.32 Å². The molecule has 1 fully saturated rings. The molecule has 1 aliphatic heterocycles. The number of hydrogen-bond acceptors (Lipinski definition) is 5. The van der Waals surface area contributed by atoms with Crippen molar-refractivity contribution >= 4 is 17.3 Å². The van der Waals surface area contributed by atoms with Gasteiger partial charge in [0.2, 0.25) is 0 Å². The van der Waals surface area contributed by atoms with Crippen LogP contribution in [0.5, 0.6) is 0 Å². The summed E-state index contributed by atoms with van der Waals surface area (Å²) in [5.74, 6) is -0.135. The first-order valence-corrected chi connectivity index (χ1v) is 7.00. The zero-order chi connectivity index (χ0) is 15.4. The zero-order valence-electron chi connectivity index (χ0n) is 12.0. The fourth-order valence-corrected chi connectivity index (χ4v) is 2.85. The van der Waals surface area contributed by atoms with Gasteiger partial charge in [0.15, 0.2) is 0 Å². The van der Waals surface area contributed by atoms with Gasteiger partial charge in [-0.1, -0.05) is 0 Å². The van der Waals surface area contributed by atoms with Crippen molar-refractivity contribution in [3.8, 4) is 0 Å². The lowest BCUT2D eigenvalue weighted by atomic mass is 9.96. The van der Waals surface area contributed by atoms with Crippen LogP contribution in [-0.2, 0) is 0 Å². The Labute approximate surface area is 123 Å². The summed E-state index contributed by atoms with van der Waals surface area (Å²) in [6.45, 7) is 2.56. The van der Waals surface area contributed by atoms with Gasteiger partial charge in [0, 0.05) is 25.2 Å². The van der Waals surface area contributed by atoms with Crippen LogP contribution in [0.1, 0.15) is 23.2 Å². The highest BCUT2D eigenvalue weighted by atomic mass is 16.6. The van der Waals surface area contributed by atoms with Crippen LogP contribution in [0, 0.1) is 16.0 Å². The molecule has 7 nitrogen and oxygen atoms in total. The molecule has 1 aromatic rings. The summed E-state index contributed by atoms with van der Waals surface area (Å²) in [7, 11) is 1.92. The van der Waals surface area contributed by atoms with Crippen LogP contribution in [0.2, 0.25) is 0 Å². The second kappa shape index (κ2) is 6.53. The molecule has 1 unspecified atom stereocenters. The molecule has 3 N–H and O–H groups in total. The minimum absolute atomic E-state index is 0.115. The lowest BCUT2D eigenvalue weighted by Crippen LogP contribution is -2.40. The summed E-state index contributed by atoms with van der Waals surface area (Å²) >= 11 is 0. The molecular weight excluding hydrogens is 272 g/mol. The molecular formula is C14H20N4O3. The molecule has 1 heterocycles. The summed E-state index contributed by atoms with van der Waals surface area (Å²) in [5.41, 5.74) is 6.17. The van der Waals surface area contributed by atoms with E-state index in [2.05, 4.69) is 10.2 Å². The number of rotatable bonds is 5. The fraction of sp³-hybridized carbons (Fsp3) is 0.500. The predicted octanol–water partition coefficient (Wildman–Crippen LogP) is 1.13. The number of anilines is 1. The molecule has 0 aliphatic carbocycles. The van der Waals surface area contributed by atoms with Crippen LogP contribution in [0.3, 0.4) is 0 Å². The largest absolute Gasteiger partial charge is 0.371 e. The Morgan fingerprint density at radius 1 is 1.57 bits per heavy atom. The Balaban J connectivity index is 2.29. The molecule has 0 radical (unpaired) electrons. The van der Waals surface area contributed by atoms with Crippen molar-refractivity contribution in [3.05, 3.63) is 33.9 Å². The van der Waals surface area contributed by atoms with E-state index in [-0.39, 0.29) is 11.3 Å². The molecule has 1 aromatic carbocycles. The second-order valence-corrected chi connectivity index (χ2v) is 5.33. The first-order valence-electron chi connectivity index (χ1n) is 7.00. The van der Waals surface area contributed by atoms with Gasteiger partial charge in [-0.15, -0.1) is 0 Å². The number of benzene rings is 1. The van der Waals surface area contributed by atoms with E-state index >= 15 is 0 Å². The number of nitrogens with zero attached hydrogens (tertiary/aromatic N) is 2. The van der Waals surface area contributed by atoms with Crippen LogP contribution in [-0.4, -0.2) is 37.5 Å². The number of nitro groups is 1. The molecule has 1 atom stereocenters. The van der Waals surface area contributed by atoms with E-state index < -0.39 is 10.8 Å². The minimum Gasteiger partial charge on any atom is -0.371 e. The topological polar surface area (TPSA) is 102 Å². The Hall–Kier alpha value is -2.15. The fourth-order valence-electron chi connectivity index (χ4n) is 2.85. The van der Waals surface area contributed by atoms with Gasteiger partial charge < -0.3 is 16.0 Å². The number of nitro benzene ring substituents is 1. The number of carbonyl (C=O) groups excluding carboxylic acids is 1. The van der Waals surface area contributed by atoms with E-state index in [4.69, 9.17) is 5.73 Å². The monoisotopic (exact) mass is 292 g/mol. The predicted molar refractivity (Wildman–Crippen MR) is 80.5 cm³/mol. The first-order chi connectivity index (χ1) is 10.0. The number of piperidine rings is 1. The minimum atomic E-state index is -0.635. The molecule has 0 saturated carbocycles. The molecule has 1 aliphatic rings. The molecule has 0 aromatic heterocycles. The number of hydrogen-bond donors (Lipinski definition) is 2. The van der Waals surface area contributed by atoms with E-state index in [1.807, 2.05) is 7.05 Å². The number of primary amides is 1. The third-order valence-corrected chi connectivity index (χ3v) is 3.81. The van der Waals surface area contributed by atoms with Gasteiger partial charge in [0.25, 0.3) is 11.6 Å². The average molecular weight is 292 g/mol. The van der Waals surface area contributed by atoms with Crippen LogP contribution in [0.25, 0.3) is 0 Å². The Bertz CT molecular complexity index is 545. The van der Waals surface area contributed by atoms with Gasteiger partial charge in [0.05, 0.1) is 16.2 Å². The Morgan fingerprint density at radius 2 is 2.33 bits per heavy atom. The van der Waals surface area contributed by atoms with E-state index in [0.717, 1.165) is 32.5 Å². The highest BCUT2D eigenvalue weighted by molar-refractivity contribution is 5.99. The Kier molecular flexibility index (Phi) is 4.74. The van der Waals surface area contributed by atoms with Crippen molar-refractivity contribution in [2.75, 3.05) is 31.6 Å². The Morgan fingerprint density at radius 3 is 2.95 bits per heavy atom. The summed E-state index contributed by atoms with van der Waals surface area (Å²) in [6, 6.07) is 4.31. The molecule has 114 valence electrons. The quantitative estimate of drug-likeness (QED) is 0.625. The molecule has 1 saturated heterocycles. The van der Waals surface area contributed by atoms with E-state index in [0.29, 0.717) is 11.6 Å². The van der Waals surface area contributed by atoms with Crippen molar-refractivity contribution in [1.29, 1.82) is 0 Å². The van der Waals surface area contributed by atoms with Crippen molar-refractivity contribution in [2.45, 2.75) is 12.8 Å². The smallest absolute Gasteiger partial charge is 0.270 e. The number of nitrogens with two attached hydrogens (primary N) is 1. The number of carbonyl (C=O) groups is 1. The van der Waals surface area contributed by atoms with Gasteiger partial charge in [0.1, 0.15) is 0 Å². The maximum atomic E-state index is 11.6. The lowest BCUT2D eigenvalue weighted by molar-refractivity contribution is -0.384. The maximum absolute atomic E-state index is 11.6. The first kappa shape index (κ1) is 15.2. The lowest BCUT2D eigenvalue weighted by Gasteiger charge is -2.35. The second-order valence-electron chi connectivity index (χ2n) is 5.33. The third-order valence-electron chi connectivity index (χ3n) is 3.81. The van der Waals surface area contributed by atoms with Crippen LogP contribution in [0.15, 0.2) is 18.2 Å². The van der Waals surface area contributed by atoms with E-state index in [9.17, 15) is 14.9 Å². The summed E-state index contributed by atoms with van der Waals surface area (Å²) in [6.07, 6.45) is 2.16. The SMILES string of the molecule is CNCC1CCCN(c2ccc([N+](=O)[O-])cc2C(N)=O)C1. The van der Waals surface area contributed by atoms with Crippen LogP contribution < -0.4 is 16.0 Å². The highest BCUT2D eigenvalue weighted by Crippen LogP contribution is 2.29. The van der Waals surface area contributed by atoms with Crippen LogP contribution in [0.4, 0.5) is 11.4 Å². The van der Waals surface area contributed by atoms with Crippen molar-refractivity contribution < 1.29 is 9.72 Å². The summed E-state index contributed by atoms with van der Waals surface area (Å²) in [4.78, 5) is 24.0. The molecule has 7 heteroatoms. The molecule has 0 bridgehead atoms. The molecule has 2 rings (SSSR count). The molecule has 21 heavy (non-hydrogen) atoms. The van der Waals surface area contributed by atoms with Gasteiger partial charge in [-0.25, -0.2) is 0 Å². The third kappa shape index (κ3) is 3.49. The number of non-ortho nitro benzene ring substituents is 1. The number of amides is 1. The van der Waals surface area contributed by atoms with Gasteiger partial charge in [-0.2, -0.15) is 0 Å². The average Bonchev–Trinajstić information content (AvgIpc) is 2.47. The highest BCUT2D eigenvalue weighted by Gasteiger charge is 2.24. The summed E-state index contributed by atoms with van der Waals surface area (Å²) < 4.78 is 0. The maximum Gasteiger partial charge on any atom is 0.270 e. The molecule has 1 amide bonds. The number of nitrogens with one attached hydrogen (secondary N) is 1.